The molecule has 35 heavy (non-hydrogen) atoms. The van der Waals surface area contributed by atoms with Crippen molar-refractivity contribution in [2.75, 3.05) is 0 Å². The molecule has 0 atom stereocenters. The first-order valence-corrected chi connectivity index (χ1v) is 13.3. The number of hydrogen-bond donors (Lipinski definition) is 0. The van der Waals surface area contributed by atoms with Crippen LogP contribution in [0.15, 0.2) is 24.3 Å². The zero-order chi connectivity index (χ0) is 27.3. The van der Waals surface area contributed by atoms with Crippen LogP contribution in [0.2, 0.25) is 0 Å². The van der Waals surface area contributed by atoms with Gasteiger partial charge < -0.3 is 0 Å². The van der Waals surface area contributed by atoms with E-state index in [0.29, 0.717) is 0 Å². The molecule has 0 saturated carbocycles. The van der Waals surface area contributed by atoms with Crippen LogP contribution in [-0.2, 0) is 49.3 Å². The van der Waals surface area contributed by atoms with Crippen molar-refractivity contribution in [1.29, 1.82) is 0 Å². The summed E-state index contributed by atoms with van der Waals surface area (Å²) < 4.78 is 0. The van der Waals surface area contributed by atoms with Gasteiger partial charge in [-0.1, -0.05) is 135 Å². The summed E-state index contributed by atoms with van der Waals surface area (Å²) in [5.74, 6) is 0. The maximum atomic E-state index is 2.42. The second-order valence-corrected chi connectivity index (χ2v) is 16.6. The van der Waals surface area contributed by atoms with E-state index in [0.717, 1.165) is 0 Å². The molecule has 0 aliphatic heterocycles. The van der Waals surface area contributed by atoms with E-state index in [4.69, 9.17) is 0 Å². The van der Waals surface area contributed by atoms with Crippen molar-refractivity contribution < 1.29 is 16.8 Å². The zero-order valence-corrected chi connectivity index (χ0v) is 27.7. The average molecular weight is 526 g/mol. The molecule has 2 rings (SSSR count). The molecule has 0 fully saturated rings. The fraction of sp³-hybridized carbons (Fsp3) is 0.706. The fourth-order valence-corrected chi connectivity index (χ4v) is 4.36. The molecule has 0 unspecified atom stereocenters. The summed E-state index contributed by atoms with van der Waals surface area (Å²) >= 11 is 0. The molecule has 0 bridgehead atoms. The van der Waals surface area contributed by atoms with Gasteiger partial charge in [-0.2, -0.15) is 45.5 Å². The topological polar surface area (TPSA) is 0 Å². The summed E-state index contributed by atoms with van der Waals surface area (Å²) in [5.41, 5.74) is 10.4. The van der Waals surface area contributed by atoms with E-state index in [-0.39, 0.29) is 49.3 Å². The van der Waals surface area contributed by atoms with Crippen molar-refractivity contribution in [1.82, 2.24) is 0 Å². The Bertz CT molecular complexity index is 790. The molecule has 2 aromatic rings. The molecule has 0 aromatic heterocycles. The van der Waals surface area contributed by atoms with Crippen molar-refractivity contribution in [3.8, 4) is 0 Å². The average Bonchev–Trinajstić information content (AvgIpc) is 3.18. The maximum absolute atomic E-state index is 2.42. The number of rotatable bonds is 0. The molecule has 0 spiro atoms. The van der Waals surface area contributed by atoms with Crippen LogP contribution >= 0.6 is 0 Å². The zero-order valence-electron chi connectivity index (χ0n) is 26.6. The molecule has 0 aliphatic carbocycles. The summed E-state index contributed by atoms with van der Waals surface area (Å²) in [6.45, 7) is 41.5. The van der Waals surface area contributed by atoms with Gasteiger partial charge in [0, 0.05) is 0 Å². The van der Waals surface area contributed by atoms with Gasteiger partial charge in [0.1, 0.15) is 0 Å². The molecule has 203 valence electrons. The van der Waals surface area contributed by atoms with E-state index in [9.17, 15) is 0 Å². The summed E-state index contributed by atoms with van der Waals surface area (Å²) in [5, 5.41) is 0. The van der Waals surface area contributed by atoms with Crippen molar-refractivity contribution in [3.63, 3.8) is 0 Å². The first kappa shape index (κ1) is 34.2. The molecule has 0 N–H and O–H groups in total. The summed E-state index contributed by atoms with van der Waals surface area (Å²) in [7, 11) is 0. The Kier molecular flexibility index (Phi) is 10.3. The quantitative estimate of drug-likeness (QED) is 0.300. The van der Waals surface area contributed by atoms with E-state index in [1.54, 1.807) is 0 Å². The standard InChI is InChI=1S/2C17H29.Co/c2*1-15(2,3)12-10-13(16(4,5)6)14(11-12)17(7,8)9;/h2*10-11H,1-9H3;/q2*-1;+2. The van der Waals surface area contributed by atoms with Crippen LogP contribution in [0.1, 0.15) is 158 Å². The van der Waals surface area contributed by atoms with Crippen LogP contribution in [0, 0.1) is 0 Å². The normalized spacial score (nSPS) is 13.8. The fourth-order valence-electron chi connectivity index (χ4n) is 4.36. The Morgan fingerprint density at radius 3 is 0.714 bits per heavy atom. The van der Waals surface area contributed by atoms with E-state index < -0.39 is 0 Å². The van der Waals surface area contributed by atoms with Crippen LogP contribution in [0.4, 0.5) is 0 Å². The van der Waals surface area contributed by atoms with Crippen LogP contribution in [0.25, 0.3) is 0 Å². The van der Waals surface area contributed by atoms with Crippen molar-refractivity contribution in [3.05, 3.63) is 57.6 Å². The Hall–Kier alpha value is -0.794. The van der Waals surface area contributed by atoms with Crippen molar-refractivity contribution in [2.24, 2.45) is 0 Å². The Morgan fingerprint density at radius 1 is 0.371 bits per heavy atom. The van der Waals surface area contributed by atoms with E-state index in [1.807, 2.05) is 0 Å². The minimum absolute atomic E-state index is 0. The van der Waals surface area contributed by atoms with Crippen molar-refractivity contribution >= 4 is 0 Å². The molecule has 1 radical (unpaired) electrons. The Morgan fingerprint density at radius 2 is 0.600 bits per heavy atom. The van der Waals surface area contributed by atoms with E-state index in [2.05, 4.69) is 149 Å². The van der Waals surface area contributed by atoms with Gasteiger partial charge in [0.15, 0.2) is 0 Å². The molecule has 1 heteroatoms. The number of hydrogen-bond acceptors (Lipinski definition) is 0. The minimum atomic E-state index is 0. The van der Waals surface area contributed by atoms with E-state index in [1.165, 1.54) is 33.4 Å². The molecule has 0 saturated heterocycles. The predicted octanol–water partition coefficient (Wildman–Crippen LogP) is 10.6. The van der Waals surface area contributed by atoms with Gasteiger partial charge in [-0.25, -0.2) is 12.1 Å². The molecule has 0 heterocycles. The largest absolute Gasteiger partial charge is 2.00 e. The molecule has 0 aliphatic rings. The third-order valence-corrected chi connectivity index (χ3v) is 6.74. The van der Waals surface area contributed by atoms with Gasteiger partial charge in [0.05, 0.1) is 0 Å². The SMILES string of the molecule is CC(C)(C)c1cc(C(C)(C)C)c(C(C)(C)C)[cH-]1.CC(C)(C)c1cc(C(C)(C)C)c(C(C)(C)C)[cH-]1.[Co+2]. The van der Waals surface area contributed by atoms with Crippen LogP contribution in [0.3, 0.4) is 0 Å². The first-order chi connectivity index (χ1) is 14.7. The summed E-state index contributed by atoms with van der Waals surface area (Å²) in [6, 6.07) is 9.67. The maximum Gasteiger partial charge on any atom is 2.00 e. The third kappa shape index (κ3) is 9.23. The van der Waals surface area contributed by atoms with Gasteiger partial charge in [0.2, 0.25) is 0 Å². The van der Waals surface area contributed by atoms with E-state index >= 15 is 0 Å². The smallest absolute Gasteiger partial charge is 0.206 e. The molecule has 0 amide bonds. The molecular formula is C34H58Co. The van der Waals surface area contributed by atoms with Crippen LogP contribution in [-0.4, -0.2) is 0 Å². The minimum Gasteiger partial charge on any atom is -0.206 e. The van der Waals surface area contributed by atoms with Gasteiger partial charge in [0.25, 0.3) is 0 Å². The van der Waals surface area contributed by atoms with Gasteiger partial charge in [-0.3, -0.25) is 0 Å². The van der Waals surface area contributed by atoms with Crippen LogP contribution < -0.4 is 0 Å². The van der Waals surface area contributed by atoms with Crippen LogP contribution in [0.5, 0.6) is 0 Å². The third-order valence-electron chi connectivity index (χ3n) is 6.74. The molecule has 2 aromatic carbocycles. The second-order valence-electron chi connectivity index (χ2n) is 16.6. The molecular weight excluding hydrogens is 467 g/mol. The first-order valence-electron chi connectivity index (χ1n) is 13.3. The Balaban J connectivity index is 0.000000642. The van der Waals surface area contributed by atoms with Gasteiger partial charge in [-0.05, 0) is 21.7 Å². The summed E-state index contributed by atoms with van der Waals surface area (Å²) in [4.78, 5) is 0. The molecule has 0 nitrogen and oxygen atoms in total. The summed E-state index contributed by atoms with van der Waals surface area (Å²) in [6.07, 6.45) is 0. The second kappa shape index (κ2) is 10.5. The van der Waals surface area contributed by atoms with Crippen molar-refractivity contribution in [2.45, 2.75) is 157 Å². The van der Waals surface area contributed by atoms with Gasteiger partial charge in [-0.15, -0.1) is 0 Å². The monoisotopic (exact) mass is 525 g/mol. The predicted molar refractivity (Wildman–Crippen MR) is 156 cm³/mol. The Labute approximate surface area is 231 Å². The van der Waals surface area contributed by atoms with Gasteiger partial charge >= 0.3 is 16.8 Å².